The molecule has 0 radical (unpaired) electrons. The number of urea groups is 1. The number of carbonyl (C=O) groups excluding carboxylic acids is 2. The number of esters is 1. The normalized spacial score (nSPS) is 16.6. The van der Waals surface area contributed by atoms with E-state index in [4.69, 9.17) is 9.47 Å². The smallest absolute Gasteiger partial charge is 0.338 e. The number of rotatable bonds is 7. The number of nitrogens with one attached hydrogen (secondary N) is 2. The van der Waals surface area contributed by atoms with Crippen molar-refractivity contribution in [2.24, 2.45) is 0 Å². The molecule has 160 valence electrons. The van der Waals surface area contributed by atoms with E-state index in [-0.39, 0.29) is 22.1 Å². The molecule has 3 rings (SSSR count). The van der Waals surface area contributed by atoms with E-state index >= 15 is 0 Å². The van der Waals surface area contributed by atoms with Crippen molar-refractivity contribution in [2.75, 3.05) is 19.5 Å². The third-order valence-corrected chi connectivity index (χ3v) is 8.11. The topological polar surface area (TPSA) is 111 Å². The van der Waals surface area contributed by atoms with Crippen molar-refractivity contribution in [2.45, 2.75) is 17.2 Å². The summed E-state index contributed by atoms with van der Waals surface area (Å²) >= 11 is 4.30. The minimum atomic E-state index is -3.81. The molecule has 0 spiro atoms. The monoisotopic (exact) mass is 514 g/mol. The van der Waals surface area contributed by atoms with Gasteiger partial charge in [-0.05, 0) is 52.7 Å². The van der Waals surface area contributed by atoms with Gasteiger partial charge in [0.05, 0.1) is 34.9 Å². The van der Waals surface area contributed by atoms with Crippen molar-refractivity contribution >= 4 is 49.1 Å². The Hall–Kier alpha value is -2.37. The Bertz CT molecular complexity index is 1110. The molecule has 1 unspecified atom stereocenters. The second-order valence-corrected chi connectivity index (χ2v) is 10.9. The van der Waals surface area contributed by atoms with E-state index < -0.39 is 33.6 Å². The van der Waals surface area contributed by atoms with Crippen LogP contribution in [0.1, 0.15) is 18.5 Å². The first-order chi connectivity index (χ1) is 14.2. The Morgan fingerprint density at radius 2 is 2.03 bits per heavy atom. The molecule has 1 aromatic carbocycles. The largest absolute Gasteiger partial charge is 0.497 e. The molecule has 2 heterocycles. The van der Waals surface area contributed by atoms with Gasteiger partial charge in [0.25, 0.3) is 0 Å². The fraction of sp³-hybridized carbons (Fsp3) is 0.263. The van der Waals surface area contributed by atoms with E-state index in [0.29, 0.717) is 15.1 Å². The number of hydrogen-bond acceptors (Lipinski definition) is 7. The molecule has 2 aromatic rings. The minimum Gasteiger partial charge on any atom is -0.497 e. The van der Waals surface area contributed by atoms with Crippen molar-refractivity contribution in [3.05, 3.63) is 57.0 Å². The lowest BCUT2D eigenvalue weighted by atomic mass is 9.95. The maximum atomic E-state index is 12.9. The van der Waals surface area contributed by atoms with Crippen LogP contribution in [0.4, 0.5) is 4.79 Å². The van der Waals surface area contributed by atoms with Crippen LogP contribution in [0.15, 0.2) is 55.7 Å². The van der Waals surface area contributed by atoms with Gasteiger partial charge in [-0.1, -0.05) is 12.1 Å². The minimum absolute atomic E-state index is 0.0189. The highest BCUT2D eigenvalue weighted by Gasteiger charge is 2.36. The molecule has 0 fully saturated rings. The number of halogens is 1. The zero-order valence-electron chi connectivity index (χ0n) is 16.1. The lowest BCUT2D eigenvalue weighted by Crippen LogP contribution is -2.47. The SMILES string of the molecule is CCOC(=O)C1=C(CS(=O)(=O)c2ccc(Br)s2)NC(=O)NC1c1cccc(OC)c1. The van der Waals surface area contributed by atoms with Crippen LogP contribution < -0.4 is 15.4 Å². The summed E-state index contributed by atoms with van der Waals surface area (Å²) in [5, 5.41) is 5.15. The Balaban J connectivity index is 2.10. The van der Waals surface area contributed by atoms with Crippen LogP contribution in [0.2, 0.25) is 0 Å². The lowest BCUT2D eigenvalue weighted by molar-refractivity contribution is -0.139. The summed E-state index contributed by atoms with van der Waals surface area (Å²) in [5.41, 5.74) is 0.569. The van der Waals surface area contributed by atoms with E-state index in [1.807, 2.05) is 0 Å². The molecule has 0 bridgehead atoms. The molecule has 1 aliphatic heterocycles. The molecule has 0 saturated carbocycles. The Morgan fingerprint density at radius 1 is 1.27 bits per heavy atom. The predicted molar refractivity (Wildman–Crippen MR) is 115 cm³/mol. The lowest BCUT2D eigenvalue weighted by Gasteiger charge is -2.29. The number of amides is 2. The van der Waals surface area contributed by atoms with Gasteiger partial charge >= 0.3 is 12.0 Å². The maximum absolute atomic E-state index is 12.9. The molecular weight excluding hydrogens is 496 g/mol. The van der Waals surface area contributed by atoms with Gasteiger partial charge in [0.2, 0.25) is 0 Å². The van der Waals surface area contributed by atoms with Crippen LogP contribution in [0, 0.1) is 0 Å². The van der Waals surface area contributed by atoms with Crippen molar-refractivity contribution in [1.82, 2.24) is 10.6 Å². The first-order valence-corrected chi connectivity index (χ1v) is 12.1. The van der Waals surface area contributed by atoms with Gasteiger partial charge in [-0.25, -0.2) is 18.0 Å². The molecule has 1 aromatic heterocycles. The van der Waals surface area contributed by atoms with Crippen LogP contribution in [-0.2, 0) is 19.4 Å². The van der Waals surface area contributed by atoms with Gasteiger partial charge in [-0.3, -0.25) is 0 Å². The number of sulfone groups is 1. The molecule has 0 saturated heterocycles. The van der Waals surface area contributed by atoms with Gasteiger partial charge in [-0.2, -0.15) is 0 Å². The molecule has 8 nitrogen and oxygen atoms in total. The quantitative estimate of drug-likeness (QED) is 0.549. The second kappa shape index (κ2) is 9.19. The summed E-state index contributed by atoms with van der Waals surface area (Å²) in [7, 11) is -2.31. The number of carbonyl (C=O) groups is 2. The fourth-order valence-electron chi connectivity index (χ4n) is 2.98. The van der Waals surface area contributed by atoms with E-state index in [0.717, 1.165) is 11.3 Å². The number of ether oxygens (including phenoxy) is 2. The summed E-state index contributed by atoms with van der Waals surface area (Å²) in [4.78, 5) is 25.1. The summed E-state index contributed by atoms with van der Waals surface area (Å²) in [6.45, 7) is 1.74. The van der Waals surface area contributed by atoms with Gasteiger partial charge in [0, 0.05) is 5.70 Å². The van der Waals surface area contributed by atoms with Crippen LogP contribution in [0.3, 0.4) is 0 Å². The third kappa shape index (κ3) is 4.85. The maximum Gasteiger partial charge on any atom is 0.338 e. The summed E-state index contributed by atoms with van der Waals surface area (Å²) in [6, 6.07) is 8.39. The molecule has 2 amide bonds. The van der Waals surface area contributed by atoms with Gasteiger partial charge in [0.1, 0.15) is 9.96 Å². The molecule has 2 N–H and O–H groups in total. The fourth-order valence-corrected chi connectivity index (χ4v) is 6.40. The van der Waals surface area contributed by atoms with E-state index in [2.05, 4.69) is 26.6 Å². The Morgan fingerprint density at radius 3 is 2.67 bits per heavy atom. The Kier molecular flexibility index (Phi) is 6.84. The highest BCUT2D eigenvalue weighted by Crippen LogP contribution is 2.32. The Labute approximate surface area is 186 Å². The van der Waals surface area contributed by atoms with Gasteiger partial charge in [0.15, 0.2) is 9.84 Å². The summed E-state index contributed by atoms with van der Waals surface area (Å²) in [5.74, 6) is -0.737. The first kappa shape index (κ1) is 22.3. The zero-order valence-corrected chi connectivity index (χ0v) is 19.3. The number of hydrogen-bond donors (Lipinski definition) is 2. The molecule has 1 atom stereocenters. The molecule has 30 heavy (non-hydrogen) atoms. The predicted octanol–water partition coefficient (Wildman–Crippen LogP) is 3.16. The van der Waals surface area contributed by atoms with Crippen LogP contribution in [0.25, 0.3) is 0 Å². The number of thiophene rings is 1. The van der Waals surface area contributed by atoms with Crippen molar-refractivity contribution < 1.29 is 27.5 Å². The van der Waals surface area contributed by atoms with Crippen LogP contribution in [-0.4, -0.2) is 39.9 Å². The molecular formula is C19H19BrN2O6S2. The second-order valence-electron chi connectivity index (χ2n) is 6.24. The number of benzene rings is 1. The molecule has 0 aliphatic carbocycles. The van der Waals surface area contributed by atoms with E-state index in [1.54, 1.807) is 37.3 Å². The van der Waals surface area contributed by atoms with E-state index in [9.17, 15) is 18.0 Å². The zero-order chi connectivity index (χ0) is 21.9. The highest BCUT2D eigenvalue weighted by molar-refractivity contribution is 9.11. The van der Waals surface area contributed by atoms with Gasteiger partial charge in [-0.15, -0.1) is 11.3 Å². The molecule has 1 aliphatic rings. The standard InChI is InChI=1S/C19H19BrN2O6S2/c1-3-28-18(23)16-13(10-30(25,26)15-8-7-14(20)29-15)21-19(24)22-17(16)11-5-4-6-12(9-11)27-2/h4-9,17H,3,10H2,1-2H3,(H2,21,22,24). The average Bonchev–Trinajstić information content (AvgIpc) is 3.15. The van der Waals surface area contributed by atoms with Crippen LogP contribution in [0.5, 0.6) is 5.75 Å². The molecule has 11 heteroatoms. The van der Waals surface area contributed by atoms with E-state index in [1.165, 1.54) is 13.2 Å². The summed E-state index contributed by atoms with van der Waals surface area (Å²) in [6.07, 6.45) is 0. The third-order valence-electron chi connectivity index (χ3n) is 4.27. The number of methoxy groups -OCH3 is 1. The first-order valence-electron chi connectivity index (χ1n) is 8.85. The van der Waals surface area contributed by atoms with Crippen molar-refractivity contribution in [3.63, 3.8) is 0 Å². The average molecular weight is 515 g/mol. The van der Waals surface area contributed by atoms with Crippen LogP contribution >= 0.6 is 27.3 Å². The van der Waals surface area contributed by atoms with Crippen molar-refractivity contribution in [3.8, 4) is 5.75 Å². The van der Waals surface area contributed by atoms with Crippen molar-refractivity contribution in [1.29, 1.82) is 0 Å². The summed E-state index contributed by atoms with van der Waals surface area (Å²) < 4.78 is 37.0. The highest BCUT2D eigenvalue weighted by atomic mass is 79.9. The van der Waals surface area contributed by atoms with Gasteiger partial charge < -0.3 is 20.1 Å².